The zero-order chi connectivity index (χ0) is 11.5. The topological polar surface area (TPSA) is 56.7 Å². The average molecular weight is 257 g/mol. The van der Waals surface area contributed by atoms with Gasteiger partial charge in [-0.05, 0) is 24.7 Å². The van der Waals surface area contributed by atoms with Crippen molar-refractivity contribution in [3.63, 3.8) is 0 Å². The molecule has 4 nitrogen and oxygen atoms in total. The first-order valence-corrected chi connectivity index (χ1v) is 5.52. The third-order valence-corrected chi connectivity index (χ3v) is 2.91. The van der Waals surface area contributed by atoms with Gasteiger partial charge in [0.2, 0.25) is 0 Å². The van der Waals surface area contributed by atoms with E-state index in [-0.39, 0.29) is 0 Å². The van der Waals surface area contributed by atoms with E-state index in [2.05, 4.69) is 10.2 Å². The van der Waals surface area contributed by atoms with Crippen LogP contribution in [0.15, 0.2) is 24.5 Å². The van der Waals surface area contributed by atoms with Gasteiger partial charge in [0.15, 0.2) is 0 Å². The van der Waals surface area contributed by atoms with Crippen LogP contribution in [0.2, 0.25) is 10.0 Å². The molecule has 0 atom stereocenters. The van der Waals surface area contributed by atoms with Crippen molar-refractivity contribution in [2.75, 3.05) is 6.54 Å². The third kappa shape index (κ3) is 2.19. The number of hydrogen-bond acceptors (Lipinski definition) is 3. The van der Waals surface area contributed by atoms with Crippen LogP contribution >= 0.6 is 23.2 Å². The molecule has 0 bridgehead atoms. The van der Waals surface area contributed by atoms with Crippen LogP contribution in [-0.4, -0.2) is 21.3 Å². The third-order valence-electron chi connectivity index (χ3n) is 2.17. The highest BCUT2D eigenvalue weighted by Crippen LogP contribution is 2.24. The number of aromatic nitrogens is 3. The van der Waals surface area contributed by atoms with Crippen molar-refractivity contribution in [1.82, 2.24) is 14.8 Å². The Balaban J connectivity index is 2.42. The molecule has 0 saturated carbocycles. The monoisotopic (exact) mass is 256 g/mol. The Bertz CT molecular complexity index is 495. The quantitative estimate of drug-likeness (QED) is 0.915. The van der Waals surface area contributed by atoms with Crippen molar-refractivity contribution in [3.05, 3.63) is 40.4 Å². The first kappa shape index (κ1) is 11.4. The zero-order valence-corrected chi connectivity index (χ0v) is 9.91. The molecule has 0 spiro atoms. The van der Waals surface area contributed by atoms with E-state index in [0.717, 1.165) is 11.5 Å². The SMILES string of the molecule is NCCc1nncn1-c1ccc(Cl)c(Cl)c1. The normalized spacial score (nSPS) is 10.7. The molecule has 16 heavy (non-hydrogen) atoms. The molecule has 0 amide bonds. The van der Waals surface area contributed by atoms with Crippen LogP contribution in [0.25, 0.3) is 5.69 Å². The Morgan fingerprint density at radius 3 is 2.75 bits per heavy atom. The molecule has 0 radical (unpaired) electrons. The Hall–Kier alpha value is -1.10. The summed E-state index contributed by atoms with van der Waals surface area (Å²) in [5.74, 6) is 0.806. The lowest BCUT2D eigenvalue weighted by atomic mass is 10.3. The second-order valence-electron chi connectivity index (χ2n) is 3.25. The molecule has 0 aliphatic heterocycles. The number of halogens is 2. The first-order valence-electron chi connectivity index (χ1n) is 4.77. The summed E-state index contributed by atoms with van der Waals surface area (Å²) in [5, 5.41) is 8.87. The van der Waals surface area contributed by atoms with E-state index in [1.54, 1.807) is 18.5 Å². The summed E-state index contributed by atoms with van der Waals surface area (Å²) in [7, 11) is 0. The molecule has 1 aromatic heterocycles. The summed E-state index contributed by atoms with van der Waals surface area (Å²) in [6.07, 6.45) is 2.30. The highest BCUT2D eigenvalue weighted by atomic mass is 35.5. The predicted molar refractivity (Wildman–Crippen MR) is 64.1 cm³/mol. The summed E-state index contributed by atoms with van der Waals surface area (Å²) >= 11 is 11.8. The summed E-state index contributed by atoms with van der Waals surface area (Å²) in [6, 6.07) is 5.37. The van der Waals surface area contributed by atoms with Gasteiger partial charge in [0.05, 0.1) is 10.0 Å². The van der Waals surface area contributed by atoms with Crippen molar-refractivity contribution < 1.29 is 0 Å². The average Bonchev–Trinajstić information content (AvgIpc) is 2.71. The molecule has 0 saturated heterocycles. The molecular formula is C10H10Cl2N4. The first-order chi connectivity index (χ1) is 7.72. The van der Waals surface area contributed by atoms with Gasteiger partial charge in [-0.1, -0.05) is 23.2 Å². The van der Waals surface area contributed by atoms with E-state index in [9.17, 15) is 0 Å². The standard InChI is InChI=1S/C10H10Cl2N4/c11-8-2-1-7(5-9(8)12)16-6-14-15-10(16)3-4-13/h1-2,5-6H,3-4,13H2. The second kappa shape index (κ2) is 4.82. The number of nitrogens with two attached hydrogens (primary N) is 1. The van der Waals surface area contributed by atoms with Crippen LogP contribution in [0.5, 0.6) is 0 Å². The fraction of sp³-hybridized carbons (Fsp3) is 0.200. The molecule has 0 unspecified atom stereocenters. The van der Waals surface area contributed by atoms with Crippen LogP contribution in [0.4, 0.5) is 0 Å². The van der Waals surface area contributed by atoms with Gasteiger partial charge in [0.1, 0.15) is 12.2 Å². The number of hydrogen-bond donors (Lipinski definition) is 1. The van der Waals surface area contributed by atoms with E-state index in [1.807, 2.05) is 10.6 Å². The molecule has 0 fully saturated rings. The van der Waals surface area contributed by atoms with Gasteiger partial charge in [0.25, 0.3) is 0 Å². The summed E-state index contributed by atoms with van der Waals surface area (Å²) < 4.78 is 1.84. The maximum atomic E-state index is 5.95. The van der Waals surface area contributed by atoms with Crippen LogP contribution in [0.3, 0.4) is 0 Å². The minimum Gasteiger partial charge on any atom is -0.330 e. The van der Waals surface area contributed by atoms with Gasteiger partial charge in [0, 0.05) is 12.1 Å². The van der Waals surface area contributed by atoms with E-state index in [0.29, 0.717) is 23.0 Å². The molecule has 6 heteroatoms. The summed E-state index contributed by atoms with van der Waals surface area (Å²) in [6.45, 7) is 0.528. The number of benzene rings is 1. The Labute approximate surface area is 103 Å². The Morgan fingerprint density at radius 2 is 2.06 bits per heavy atom. The van der Waals surface area contributed by atoms with E-state index < -0.39 is 0 Å². The Kier molecular flexibility index (Phi) is 3.43. The molecule has 0 aliphatic carbocycles. The molecule has 0 aliphatic rings. The lowest BCUT2D eigenvalue weighted by molar-refractivity contribution is 0.830. The summed E-state index contributed by atoms with van der Waals surface area (Å²) in [4.78, 5) is 0. The minimum absolute atomic E-state index is 0.506. The smallest absolute Gasteiger partial charge is 0.138 e. The maximum absolute atomic E-state index is 5.95. The van der Waals surface area contributed by atoms with Crippen molar-refractivity contribution in [2.45, 2.75) is 6.42 Å². The number of rotatable bonds is 3. The van der Waals surface area contributed by atoms with Gasteiger partial charge in [-0.3, -0.25) is 4.57 Å². The van der Waals surface area contributed by atoms with Crippen LogP contribution in [-0.2, 0) is 6.42 Å². The van der Waals surface area contributed by atoms with Crippen molar-refractivity contribution in [2.24, 2.45) is 5.73 Å². The molecular weight excluding hydrogens is 247 g/mol. The van der Waals surface area contributed by atoms with Crippen LogP contribution in [0, 0.1) is 0 Å². The van der Waals surface area contributed by atoms with Gasteiger partial charge < -0.3 is 5.73 Å². The van der Waals surface area contributed by atoms with Crippen molar-refractivity contribution >= 4 is 23.2 Å². The predicted octanol–water partition coefficient (Wildman–Crippen LogP) is 2.08. The fourth-order valence-electron chi connectivity index (χ4n) is 1.41. The highest BCUT2D eigenvalue weighted by Gasteiger charge is 2.07. The lowest BCUT2D eigenvalue weighted by Gasteiger charge is -2.06. The largest absolute Gasteiger partial charge is 0.330 e. The zero-order valence-electron chi connectivity index (χ0n) is 8.40. The van der Waals surface area contributed by atoms with E-state index in [4.69, 9.17) is 28.9 Å². The minimum atomic E-state index is 0.506. The molecule has 2 rings (SSSR count). The summed E-state index contributed by atoms with van der Waals surface area (Å²) in [5.41, 5.74) is 6.37. The van der Waals surface area contributed by atoms with E-state index >= 15 is 0 Å². The Morgan fingerprint density at radius 1 is 1.25 bits per heavy atom. The highest BCUT2D eigenvalue weighted by molar-refractivity contribution is 6.42. The van der Waals surface area contributed by atoms with Gasteiger partial charge in [-0.2, -0.15) is 0 Å². The number of nitrogens with zero attached hydrogens (tertiary/aromatic N) is 3. The molecule has 1 aromatic carbocycles. The second-order valence-corrected chi connectivity index (χ2v) is 4.07. The van der Waals surface area contributed by atoms with Crippen molar-refractivity contribution in [1.29, 1.82) is 0 Å². The fourth-order valence-corrected chi connectivity index (χ4v) is 1.70. The maximum Gasteiger partial charge on any atom is 0.138 e. The van der Waals surface area contributed by atoms with Crippen LogP contribution in [0.1, 0.15) is 5.82 Å². The molecule has 84 valence electrons. The van der Waals surface area contributed by atoms with Crippen molar-refractivity contribution in [3.8, 4) is 5.69 Å². The molecule has 2 N–H and O–H groups in total. The van der Waals surface area contributed by atoms with Gasteiger partial charge in [-0.15, -0.1) is 10.2 Å². The van der Waals surface area contributed by atoms with E-state index in [1.165, 1.54) is 0 Å². The lowest BCUT2D eigenvalue weighted by Crippen LogP contribution is -2.08. The molecule has 2 aromatic rings. The van der Waals surface area contributed by atoms with Crippen LogP contribution < -0.4 is 5.73 Å². The van der Waals surface area contributed by atoms with Gasteiger partial charge in [-0.25, -0.2) is 0 Å². The van der Waals surface area contributed by atoms with Gasteiger partial charge >= 0.3 is 0 Å². The molecule has 1 heterocycles.